The average molecular weight is 439 g/mol. The van der Waals surface area contributed by atoms with Crippen LogP contribution in [0.25, 0.3) is 0 Å². The number of likely N-dealkylation sites (N-methyl/N-ethyl adjacent to an activating group) is 1. The van der Waals surface area contributed by atoms with Crippen molar-refractivity contribution in [2.24, 2.45) is 0 Å². The normalized spacial score (nSPS) is 13.1. The molecule has 0 radical (unpaired) electrons. The molecule has 0 amide bonds. The maximum Gasteiger partial charge on any atom is 0.417 e. The number of ether oxygens (including phenoxy) is 1. The van der Waals surface area contributed by atoms with Crippen molar-refractivity contribution in [3.63, 3.8) is 0 Å². The van der Waals surface area contributed by atoms with E-state index >= 15 is 0 Å². The molecule has 0 aliphatic carbocycles. The lowest BCUT2D eigenvalue weighted by molar-refractivity contribution is -0.139. The van der Waals surface area contributed by atoms with Gasteiger partial charge in [0.25, 0.3) is 0 Å². The van der Waals surface area contributed by atoms with Crippen molar-refractivity contribution in [1.82, 2.24) is 9.62 Å². The van der Waals surface area contributed by atoms with E-state index in [1.807, 2.05) is 0 Å². The topological polar surface area (TPSA) is 58.6 Å². The number of alkyl halides is 3. The van der Waals surface area contributed by atoms with Gasteiger partial charge in [-0.1, -0.05) is 24.3 Å². The molecule has 0 fully saturated rings. The molecule has 28 heavy (non-hydrogen) atoms. The van der Waals surface area contributed by atoms with Gasteiger partial charge in [-0.15, -0.1) is 12.4 Å². The zero-order valence-electron chi connectivity index (χ0n) is 15.5. The molecule has 0 saturated carbocycles. The molecule has 2 aromatic carbocycles. The number of nitrogens with zero attached hydrogens (tertiary/aromatic N) is 1. The Hall–Kier alpha value is -1.81. The number of nitrogens with one attached hydrogen (secondary N) is 1. The van der Waals surface area contributed by atoms with Crippen LogP contribution in [0.4, 0.5) is 13.2 Å². The Morgan fingerprint density at radius 3 is 2.14 bits per heavy atom. The monoisotopic (exact) mass is 438 g/mol. The lowest BCUT2D eigenvalue weighted by Crippen LogP contribution is -2.35. The number of sulfonamides is 1. The van der Waals surface area contributed by atoms with Gasteiger partial charge in [0, 0.05) is 12.6 Å². The molecule has 0 aliphatic heterocycles. The Balaban J connectivity index is 0.00000392. The number of methoxy groups -OCH3 is 1. The Kier molecular flexibility index (Phi) is 8.30. The number of hydrogen-bond acceptors (Lipinski definition) is 4. The summed E-state index contributed by atoms with van der Waals surface area (Å²) >= 11 is 0. The van der Waals surface area contributed by atoms with Crippen LogP contribution in [0, 0.1) is 0 Å². The summed E-state index contributed by atoms with van der Waals surface area (Å²) in [7, 11) is 0.701. The molecule has 1 N–H and O–H groups in total. The molecular weight excluding hydrogens is 417 g/mol. The van der Waals surface area contributed by atoms with E-state index in [1.165, 1.54) is 13.2 Å². The third kappa shape index (κ3) is 5.84. The minimum absolute atomic E-state index is 0. The maximum absolute atomic E-state index is 13.1. The van der Waals surface area contributed by atoms with Crippen molar-refractivity contribution >= 4 is 22.4 Å². The molecule has 0 spiro atoms. The second-order valence-electron chi connectivity index (χ2n) is 6.10. The minimum atomic E-state index is -4.76. The van der Waals surface area contributed by atoms with Crippen molar-refractivity contribution in [3.8, 4) is 5.75 Å². The molecule has 0 aliphatic rings. The fraction of sp³-hybridized carbons (Fsp3) is 0.333. The van der Waals surface area contributed by atoms with Gasteiger partial charge >= 0.3 is 6.18 Å². The molecule has 10 heteroatoms. The van der Waals surface area contributed by atoms with Crippen molar-refractivity contribution in [2.75, 3.05) is 27.7 Å². The van der Waals surface area contributed by atoms with E-state index in [-0.39, 0.29) is 25.0 Å². The first-order chi connectivity index (χ1) is 12.6. The number of benzene rings is 2. The summed E-state index contributed by atoms with van der Waals surface area (Å²) < 4.78 is 71.8. The predicted octanol–water partition coefficient (Wildman–Crippen LogP) is 3.72. The van der Waals surface area contributed by atoms with Gasteiger partial charge < -0.3 is 9.64 Å². The van der Waals surface area contributed by atoms with Gasteiger partial charge in [-0.05, 0) is 43.9 Å². The number of rotatable bonds is 7. The molecule has 0 heterocycles. The molecule has 2 aromatic rings. The number of hydrogen-bond donors (Lipinski definition) is 1. The smallest absolute Gasteiger partial charge is 0.417 e. The highest BCUT2D eigenvalue weighted by molar-refractivity contribution is 7.89. The molecule has 0 bridgehead atoms. The molecule has 1 unspecified atom stereocenters. The van der Waals surface area contributed by atoms with Crippen LogP contribution in [0.15, 0.2) is 53.4 Å². The van der Waals surface area contributed by atoms with Gasteiger partial charge in [-0.2, -0.15) is 13.2 Å². The first-order valence-electron chi connectivity index (χ1n) is 8.02. The molecule has 0 saturated heterocycles. The first kappa shape index (κ1) is 24.2. The van der Waals surface area contributed by atoms with Crippen LogP contribution in [0.5, 0.6) is 5.75 Å². The van der Waals surface area contributed by atoms with E-state index in [9.17, 15) is 21.6 Å². The molecule has 2 rings (SSSR count). The van der Waals surface area contributed by atoms with Crippen LogP contribution in [-0.4, -0.2) is 41.1 Å². The molecule has 156 valence electrons. The summed E-state index contributed by atoms with van der Waals surface area (Å²) in [5.74, 6) is 0.649. The van der Waals surface area contributed by atoms with Crippen molar-refractivity contribution in [1.29, 1.82) is 0 Å². The summed E-state index contributed by atoms with van der Waals surface area (Å²) in [4.78, 5) is 0.990. The fourth-order valence-electron chi connectivity index (χ4n) is 2.63. The Labute approximate surface area is 169 Å². The lowest BCUT2D eigenvalue weighted by Gasteiger charge is -2.25. The number of halogens is 4. The summed E-state index contributed by atoms with van der Waals surface area (Å²) in [6.07, 6.45) is -4.76. The van der Waals surface area contributed by atoms with Crippen LogP contribution in [0.1, 0.15) is 17.2 Å². The Bertz CT molecular complexity index is 872. The highest BCUT2D eigenvalue weighted by Gasteiger charge is 2.37. The second-order valence-corrected chi connectivity index (χ2v) is 7.83. The van der Waals surface area contributed by atoms with Crippen LogP contribution >= 0.6 is 12.4 Å². The van der Waals surface area contributed by atoms with Crippen LogP contribution in [0.2, 0.25) is 0 Å². The highest BCUT2D eigenvalue weighted by Crippen LogP contribution is 2.34. The van der Waals surface area contributed by atoms with Gasteiger partial charge in [0.2, 0.25) is 10.0 Å². The second kappa shape index (κ2) is 9.60. The van der Waals surface area contributed by atoms with Crippen LogP contribution < -0.4 is 9.46 Å². The third-order valence-corrected chi connectivity index (χ3v) is 5.55. The standard InChI is InChI=1S/C18H21F3N2O3S.ClH/c1-23(2)16(13-8-10-14(26-3)11-9-13)12-22-27(24,25)17-7-5-4-6-15(17)18(19,20)21;/h4-11,16,22H,12H2,1-3H3;1H. The molecule has 0 aromatic heterocycles. The van der Waals surface area contributed by atoms with Crippen molar-refractivity contribution < 1.29 is 26.3 Å². The zero-order valence-corrected chi connectivity index (χ0v) is 17.2. The van der Waals surface area contributed by atoms with Gasteiger partial charge in [-0.3, -0.25) is 0 Å². The summed E-state index contributed by atoms with van der Waals surface area (Å²) in [6.45, 7) is -0.0894. The van der Waals surface area contributed by atoms with E-state index in [1.54, 1.807) is 43.3 Å². The minimum Gasteiger partial charge on any atom is -0.497 e. The highest BCUT2D eigenvalue weighted by atomic mass is 35.5. The van der Waals surface area contributed by atoms with E-state index in [0.717, 1.165) is 23.8 Å². The first-order valence-corrected chi connectivity index (χ1v) is 9.51. The predicted molar refractivity (Wildman–Crippen MR) is 103 cm³/mol. The summed E-state index contributed by atoms with van der Waals surface area (Å²) in [5.41, 5.74) is -0.393. The Morgan fingerprint density at radius 2 is 1.64 bits per heavy atom. The molecular formula is C18H22ClF3N2O3S. The van der Waals surface area contributed by atoms with E-state index in [4.69, 9.17) is 4.74 Å². The van der Waals surface area contributed by atoms with Gasteiger partial charge in [0.15, 0.2) is 0 Å². The molecule has 1 atom stereocenters. The third-order valence-electron chi connectivity index (χ3n) is 4.07. The summed E-state index contributed by atoms with van der Waals surface area (Å²) in [5, 5.41) is 0. The summed E-state index contributed by atoms with van der Waals surface area (Å²) in [6, 6.07) is 10.8. The zero-order chi connectivity index (χ0) is 20.2. The van der Waals surface area contributed by atoms with Crippen molar-refractivity contribution in [2.45, 2.75) is 17.1 Å². The van der Waals surface area contributed by atoms with Crippen LogP contribution in [0.3, 0.4) is 0 Å². The Morgan fingerprint density at radius 1 is 1.07 bits per heavy atom. The quantitative estimate of drug-likeness (QED) is 0.715. The van der Waals surface area contributed by atoms with E-state index in [0.29, 0.717) is 5.75 Å². The average Bonchev–Trinajstić information content (AvgIpc) is 2.61. The van der Waals surface area contributed by atoms with Gasteiger partial charge in [0.05, 0.1) is 17.6 Å². The molecule has 5 nitrogen and oxygen atoms in total. The van der Waals surface area contributed by atoms with Gasteiger partial charge in [-0.25, -0.2) is 13.1 Å². The van der Waals surface area contributed by atoms with Crippen LogP contribution in [-0.2, 0) is 16.2 Å². The lowest BCUT2D eigenvalue weighted by atomic mass is 10.1. The van der Waals surface area contributed by atoms with Gasteiger partial charge in [0.1, 0.15) is 5.75 Å². The largest absolute Gasteiger partial charge is 0.497 e. The SMILES string of the molecule is COc1ccc(C(CNS(=O)(=O)c2ccccc2C(F)(F)F)N(C)C)cc1.Cl. The van der Waals surface area contributed by atoms with E-state index in [2.05, 4.69) is 4.72 Å². The van der Waals surface area contributed by atoms with E-state index < -0.39 is 26.7 Å². The fourth-order valence-corrected chi connectivity index (χ4v) is 3.89. The van der Waals surface area contributed by atoms with Crippen molar-refractivity contribution in [3.05, 3.63) is 59.7 Å². The maximum atomic E-state index is 13.1.